The first-order valence-corrected chi connectivity index (χ1v) is 9.64. The van der Waals surface area contributed by atoms with E-state index in [4.69, 9.17) is 0 Å². The van der Waals surface area contributed by atoms with Crippen molar-refractivity contribution in [1.29, 1.82) is 0 Å². The molecule has 0 saturated carbocycles. The van der Waals surface area contributed by atoms with Crippen LogP contribution in [0.5, 0.6) is 0 Å². The van der Waals surface area contributed by atoms with E-state index in [0.29, 0.717) is 6.04 Å². The molecule has 0 bridgehead atoms. The molecule has 0 amide bonds. The lowest BCUT2D eigenvalue weighted by Crippen LogP contribution is -2.32. The van der Waals surface area contributed by atoms with Gasteiger partial charge in [-0.3, -0.25) is 0 Å². The maximum absolute atomic E-state index is 3.73. The number of aromatic amines is 1. The Morgan fingerprint density at radius 3 is 2.77 bits per heavy atom. The quantitative estimate of drug-likeness (QED) is 0.609. The summed E-state index contributed by atoms with van der Waals surface area (Å²) >= 11 is 0. The van der Waals surface area contributed by atoms with Crippen LogP contribution in [0.15, 0.2) is 48.7 Å². The molecular formula is C23H29N3. The number of fused-ring (bicyclic) bond motifs is 2. The normalized spacial score (nSPS) is 15.3. The standard InChI is InChI=1S/C23H29N3/c1-16(25-12-17-8-9-18-13-24-14-19(18)10-17)11-23(2,3)21-15-26-22-7-5-4-6-20(21)22/h4-10,15-16,24-26H,11-14H2,1-3H3. The second kappa shape index (κ2) is 6.90. The summed E-state index contributed by atoms with van der Waals surface area (Å²) in [6.07, 6.45) is 3.28. The van der Waals surface area contributed by atoms with E-state index in [1.165, 1.54) is 33.2 Å². The summed E-state index contributed by atoms with van der Waals surface area (Å²) in [7, 11) is 0. The second-order valence-electron chi connectivity index (χ2n) is 8.32. The average Bonchev–Trinajstić information content (AvgIpc) is 3.26. The topological polar surface area (TPSA) is 39.9 Å². The van der Waals surface area contributed by atoms with Gasteiger partial charge in [0.1, 0.15) is 0 Å². The van der Waals surface area contributed by atoms with Crippen LogP contribution in [-0.2, 0) is 25.0 Å². The average molecular weight is 348 g/mol. The van der Waals surface area contributed by atoms with Crippen LogP contribution >= 0.6 is 0 Å². The van der Waals surface area contributed by atoms with Crippen LogP contribution in [0.4, 0.5) is 0 Å². The zero-order valence-electron chi connectivity index (χ0n) is 16.0. The predicted molar refractivity (Wildman–Crippen MR) is 109 cm³/mol. The molecule has 3 aromatic rings. The maximum Gasteiger partial charge on any atom is 0.0457 e. The first-order chi connectivity index (χ1) is 12.5. The summed E-state index contributed by atoms with van der Waals surface area (Å²) in [5, 5.41) is 8.49. The summed E-state index contributed by atoms with van der Waals surface area (Å²) in [5.74, 6) is 0. The third-order valence-electron chi connectivity index (χ3n) is 5.69. The van der Waals surface area contributed by atoms with Gasteiger partial charge >= 0.3 is 0 Å². The van der Waals surface area contributed by atoms with Crippen molar-refractivity contribution in [3.63, 3.8) is 0 Å². The summed E-state index contributed by atoms with van der Waals surface area (Å²) in [4.78, 5) is 3.42. The van der Waals surface area contributed by atoms with Gasteiger partial charge in [0.05, 0.1) is 0 Å². The van der Waals surface area contributed by atoms with Crippen LogP contribution in [0.25, 0.3) is 10.9 Å². The Bertz CT molecular complexity index is 907. The van der Waals surface area contributed by atoms with Crippen LogP contribution in [0.2, 0.25) is 0 Å². The summed E-state index contributed by atoms with van der Waals surface area (Å²) in [5.41, 5.74) is 7.03. The Kier molecular flexibility index (Phi) is 4.60. The van der Waals surface area contributed by atoms with Gasteiger partial charge in [-0.2, -0.15) is 0 Å². The van der Waals surface area contributed by atoms with Gasteiger partial charge < -0.3 is 15.6 Å². The molecule has 136 valence electrons. The lowest BCUT2D eigenvalue weighted by molar-refractivity contribution is 0.390. The molecule has 1 aliphatic heterocycles. The Balaban J connectivity index is 1.41. The third-order valence-corrected chi connectivity index (χ3v) is 5.69. The molecule has 0 saturated heterocycles. The number of para-hydroxylation sites is 1. The van der Waals surface area contributed by atoms with Crippen LogP contribution in [0.3, 0.4) is 0 Å². The molecule has 1 atom stereocenters. The molecule has 1 aromatic heterocycles. The van der Waals surface area contributed by atoms with E-state index >= 15 is 0 Å². The summed E-state index contributed by atoms with van der Waals surface area (Å²) in [6.45, 7) is 9.94. The number of H-pyrrole nitrogens is 1. The monoisotopic (exact) mass is 347 g/mol. The second-order valence-corrected chi connectivity index (χ2v) is 8.32. The zero-order chi connectivity index (χ0) is 18.1. The summed E-state index contributed by atoms with van der Waals surface area (Å²) < 4.78 is 0. The van der Waals surface area contributed by atoms with Gasteiger partial charge in [0.25, 0.3) is 0 Å². The third kappa shape index (κ3) is 3.42. The number of nitrogens with one attached hydrogen (secondary N) is 3. The van der Waals surface area contributed by atoms with Crippen molar-refractivity contribution < 1.29 is 0 Å². The number of benzene rings is 2. The van der Waals surface area contributed by atoms with Crippen LogP contribution in [0.1, 0.15) is 49.4 Å². The van der Waals surface area contributed by atoms with Crippen molar-refractivity contribution in [1.82, 2.24) is 15.6 Å². The minimum Gasteiger partial charge on any atom is -0.361 e. The van der Waals surface area contributed by atoms with Gasteiger partial charge in [-0.15, -0.1) is 0 Å². The van der Waals surface area contributed by atoms with Crippen molar-refractivity contribution in [2.45, 2.75) is 58.3 Å². The fourth-order valence-electron chi connectivity index (χ4n) is 4.33. The Hall–Kier alpha value is -2.10. The highest BCUT2D eigenvalue weighted by Gasteiger charge is 2.26. The molecule has 1 aliphatic rings. The smallest absolute Gasteiger partial charge is 0.0457 e. The molecule has 3 N–H and O–H groups in total. The fraction of sp³-hybridized carbons (Fsp3) is 0.391. The van der Waals surface area contributed by atoms with E-state index in [9.17, 15) is 0 Å². The van der Waals surface area contributed by atoms with Crippen LogP contribution in [0, 0.1) is 0 Å². The van der Waals surface area contributed by atoms with Gasteiger partial charge in [-0.1, -0.05) is 50.2 Å². The van der Waals surface area contributed by atoms with Gasteiger partial charge in [-0.25, -0.2) is 0 Å². The van der Waals surface area contributed by atoms with Crippen molar-refractivity contribution in [3.05, 3.63) is 70.9 Å². The highest BCUT2D eigenvalue weighted by atomic mass is 14.9. The number of hydrogen-bond acceptors (Lipinski definition) is 2. The van der Waals surface area contributed by atoms with E-state index in [1.54, 1.807) is 0 Å². The molecular weight excluding hydrogens is 318 g/mol. The molecule has 26 heavy (non-hydrogen) atoms. The predicted octanol–water partition coefficient (Wildman–Crippen LogP) is 4.62. The van der Waals surface area contributed by atoms with Crippen molar-refractivity contribution in [3.8, 4) is 0 Å². The van der Waals surface area contributed by atoms with Gasteiger partial charge in [-0.05, 0) is 47.1 Å². The molecule has 4 rings (SSSR count). The number of hydrogen-bond donors (Lipinski definition) is 3. The van der Waals surface area contributed by atoms with E-state index < -0.39 is 0 Å². The zero-order valence-corrected chi connectivity index (χ0v) is 16.0. The Labute approximate surface area is 156 Å². The molecule has 0 aliphatic carbocycles. The molecule has 1 unspecified atom stereocenters. The molecule has 3 heteroatoms. The van der Waals surface area contributed by atoms with Crippen molar-refractivity contribution in [2.24, 2.45) is 0 Å². The van der Waals surface area contributed by atoms with Gasteiger partial charge in [0.15, 0.2) is 0 Å². The van der Waals surface area contributed by atoms with Crippen LogP contribution in [-0.4, -0.2) is 11.0 Å². The number of rotatable bonds is 6. The maximum atomic E-state index is 3.73. The number of aromatic nitrogens is 1. The SMILES string of the molecule is CC(CC(C)(C)c1c[nH]c2ccccc12)NCc1ccc2c(c1)CNC2. The Morgan fingerprint density at radius 2 is 1.88 bits per heavy atom. The first kappa shape index (κ1) is 17.3. The fourth-order valence-corrected chi connectivity index (χ4v) is 4.33. The van der Waals surface area contributed by atoms with E-state index in [0.717, 1.165) is 26.1 Å². The highest BCUT2D eigenvalue weighted by Crippen LogP contribution is 2.34. The summed E-state index contributed by atoms with van der Waals surface area (Å²) in [6, 6.07) is 15.9. The highest BCUT2D eigenvalue weighted by molar-refractivity contribution is 5.84. The minimum absolute atomic E-state index is 0.119. The van der Waals surface area contributed by atoms with E-state index in [-0.39, 0.29) is 5.41 Å². The van der Waals surface area contributed by atoms with Gasteiger partial charge in [0.2, 0.25) is 0 Å². The van der Waals surface area contributed by atoms with Crippen LogP contribution < -0.4 is 10.6 Å². The van der Waals surface area contributed by atoms with E-state index in [1.807, 2.05) is 0 Å². The molecule has 0 spiro atoms. The lowest BCUT2D eigenvalue weighted by atomic mass is 9.79. The Morgan fingerprint density at radius 1 is 1.08 bits per heavy atom. The van der Waals surface area contributed by atoms with Gasteiger partial charge in [0, 0.05) is 42.8 Å². The lowest BCUT2D eigenvalue weighted by Gasteiger charge is -2.29. The first-order valence-electron chi connectivity index (χ1n) is 9.64. The van der Waals surface area contributed by atoms with E-state index in [2.05, 4.69) is 85.1 Å². The molecule has 0 radical (unpaired) electrons. The van der Waals surface area contributed by atoms with Crippen molar-refractivity contribution >= 4 is 10.9 Å². The molecule has 3 nitrogen and oxygen atoms in total. The largest absolute Gasteiger partial charge is 0.361 e. The molecule has 0 fully saturated rings. The minimum atomic E-state index is 0.119. The molecule has 2 aromatic carbocycles. The van der Waals surface area contributed by atoms with Crippen molar-refractivity contribution in [2.75, 3.05) is 0 Å². The molecule has 2 heterocycles.